The third-order valence-electron chi connectivity index (χ3n) is 13.3. The molecule has 2 rings (SSSR count). The quantitative estimate of drug-likeness (QED) is 0.0173. The van der Waals surface area contributed by atoms with Gasteiger partial charge >= 0.3 is 5.97 Å². The van der Waals surface area contributed by atoms with E-state index in [2.05, 4.69) is 26.0 Å². The van der Waals surface area contributed by atoms with Crippen LogP contribution in [0.2, 0.25) is 0 Å². The number of allylic oxidation sites excluding steroid dienone is 2. The zero-order chi connectivity index (χ0) is 48.7. The van der Waals surface area contributed by atoms with Crippen molar-refractivity contribution in [3.63, 3.8) is 0 Å². The van der Waals surface area contributed by atoms with Crippen molar-refractivity contribution in [3.05, 3.63) is 12.2 Å². The number of unbranched alkanes of at least 4 members (excludes halogenated alkanes) is 28. The molecule has 0 aromatic heterocycles. The lowest BCUT2D eigenvalue weighted by atomic mass is 9.98. The van der Waals surface area contributed by atoms with Gasteiger partial charge in [-0.2, -0.15) is 0 Å². The third-order valence-corrected chi connectivity index (χ3v) is 13.3. The van der Waals surface area contributed by atoms with E-state index >= 15 is 0 Å². The van der Waals surface area contributed by atoms with Crippen molar-refractivity contribution in [1.29, 1.82) is 0 Å². The molecule has 14 nitrogen and oxygen atoms in total. The second-order valence-electron chi connectivity index (χ2n) is 19.4. The Labute approximate surface area is 405 Å². The van der Waals surface area contributed by atoms with E-state index in [0.717, 1.165) is 57.8 Å². The minimum absolute atomic E-state index is 0.0642. The molecule has 11 atom stereocenters. The van der Waals surface area contributed by atoms with Crippen molar-refractivity contribution in [1.82, 2.24) is 0 Å². The van der Waals surface area contributed by atoms with E-state index in [1.54, 1.807) is 0 Å². The molecule has 0 amide bonds. The van der Waals surface area contributed by atoms with Gasteiger partial charge in [0.1, 0.15) is 54.9 Å². The van der Waals surface area contributed by atoms with Crippen molar-refractivity contribution >= 4 is 5.97 Å². The van der Waals surface area contributed by atoms with Gasteiger partial charge in [0.15, 0.2) is 12.6 Å². The average molecular weight is 961 g/mol. The molecule has 0 saturated carbocycles. The molecule has 2 saturated heterocycles. The van der Waals surface area contributed by atoms with E-state index in [9.17, 15) is 40.5 Å². The first-order valence-electron chi connectivity index (χ1n) is 27.3. The molecule has 2 aliphatic rings. The summed E-state index contributed by atoms with van der Waals surface area (Å²) in [5, 5.41) is 72.2. The van der Waals surface area contributed by atoms with Crippen LogP contribution in [0.1, 0.15) is 219 Å². The Bertz CT molecular complexity index is 1160. The molecule has 2 aliphatic heterocycles. The smallest absolute Gasteiger partial charge is 0.306 e. The van der Waals surface area contributed by atoms with Crippen LogP contribution in [-0.4, -0.2) is 142 Å². The van der Waals surface area contributed by atoms with Crippen molar-refractivity contribution in [3.8, 4) is 0 Å². The Kier molecular flexibility index (Phi) is 38.2. The van der Waals surface area contributed by atoms with E-state index in [1.807, 2.05) is 0 Å². The van der Waals surface area contributed by atoms with Gasteiger partial charge in [0, 0.05) is 13.0 Å². The molecular formula is C53H100O14. The van der Waals surface area contributed by atoms with Gasteiger partial charge in [-0.1, -0.05) is 187 Å². The topological polar surface area (TPSA) is 214 Å². The van der Waals surface area contributed by atoms with Gasteiger partial charge in [-0.15, -0.1) is 0 Å². The van der Waals surface area contributed by atoms with Crippen LogP contribution in [0.5, 0.6) is 0 Å². The maximum absolute atomic E-state index is 13.0. The van der Waals surface area contributed by atoms with E-state index in [1.165, 1.54) is 135 Å². The summed E-state index contributed by atoms with van der Waals surface area (Å²) in [7, 11) is 0. The van der Waals surface area contributed by atoms with Crippen molar-refractivity contribution in [2.75, 3.05) is 33.0 Å². The minimum Gasteiger partial charge on any atom is -0.457 e. The first kappa shape index (κ1) is 61.8. The molecule has 0 bridgehead atoms. The third kappa shape index (κ3) is 29.0. The lowest BCUT2D eigenvalue weighted by molar-refractivity contribution is -0.332. The van der Waals surface area contributed by atoms with Gasteiger partial charge in [0.25, 0.3) is 0 Å². The minimum atomic E-state index is -1.70. The maximum atomic E-state index is 13.0. The van der Waals surface area contributed by atoms with Crippen LogP contribution in [-0.2, 0) is 33.2 Å². The molecular weight excluding hydrogens is 861 g/mol. The van der Waals surface area contributed by atoms with Crippen LogP contribution in [0, 0.1) is 0 Å². The fourth-order valence-corrected chi connectivity index (χ4v) is 8.81. The van der Waals surface area contributed by atoms with Gasteiger partial charge in [0.2, 0.25) is 0 Å². The number of ether oxygens (including phenoxy) is 6. The highest BCUT2D eigenvalue weighted by molar-refractivity contribution is 5.69. The Hall–Kier alpha value is -1.27. The van der Waals surface area contributed by atoms with Crippen molar-refractivity contribution < 1.29 is 69.0 Å². The molecule has 67 heavy (non-hydrogen) atoms. The monoisotopic (exact) mass is 961 g/mol. The fourth-order valence-electron chi connectivity index (χ4n) is 8.81. The average Bonchev–Trinajstić information content (AvgIpc) is 3.32. The molecule has 2 fully saturated rings. The van der Waals surface area contributed by atoms with Crippen molar-refractivity contribution in [2.24, 2.45) is 0 Å². The second-order valence-corrected chi connectivity index (χ2v) is 19.4. The fraction of sp³-hybridized carbons (Fsp3) is 0.943. The van der Waals surface area contributed by atoms with E-state index < -0.39 is 80.7 Å². The van der Waals surface area contributed by atoms with Crippen LogP contribution >= 0.6 is 0 Å². The molecule has 7 N–H and O–H groups in total. The van der Waals surface area contributed by atoms with Crippen LogP contribution in [0.4, 0.5) is 0 Å². The number of carbonyl (C=O) groups is 1. The Balaban J connectivity index is 1.73. The summed E-state index contributed by atoms with van der Waals surface area (Å²) in [5.41, 5.74) is 0. The number of rotatable bonds is 44. The lowest BCUT2D eigenvalue weighted by Crippen LogP contribution is -2.61. The summed E-state index contributed by atoms with van der Waals surface area (Å²) in [4.78, 5) is 13.0. The highest BCUT2D eigenvalue weighted by Crippen LogP contribution is 2.27. The van der Waals surface area contributed by atoms with Crippen LogP contribution in [0.15, 0.2) is 12.2 Å². The summed E-state index contributed by atoms with van der Waals surface area (Å²) >= 11 is 0. The molecule has 0 aliphatic carbocycles. The highest BCUT2D eigenvalue weighted by atomic mass is 16.7. The summed E-state index contributed by atoms with van der Waals surface area (Å²) in [5.74, 6) is -0.381. The maximum Gasteiger partial charge on any atom is 0.306 e. The summed E-state index contributed by atoms with van der Waals surface area (Å²) in [6.07, 6.45) is 27.0. The number of aliphatic hydroxyl groups is 7. The van der Waals surface area contributed by atoms with Crippen LogP contribution in [0.25, 0.3) is 0 Å². The molecule has 0 spiro atoms. The zero-order valence-electron chi connectivity index (χ0n) is 42.2. The Morgan fingerprint density at radius 1 is 0.478 bits per heavy atom. The summed E-state index contributed by atoms with van der Waals surface area (Å²) in [6, 6.07) is 0. The lowest BCUT2D eigenvalue weighted by Gasteiger charge is -2.42. The van der Waals surface area contributed by atoms with Crippen LogP contribution < -0.4 is 0 Å². The molecule has 14 heteroatoms. The van der Waals surface area contributed by atoms with Gasteiger partial charge in [-0.25, -0.2) is 0 Å². The SMILES string of the molecule is CCCCCCC/C=C\CCCCCCCC(=O)OC(COCCCCCCCCCCCCCCCCCCCCC)COC1OC(COC2OC(CO)C(O)C(O)C2O)C(O)C(O)C1O. The predicted molar refractivity (Wildman–Crippen MR) is 261 cm³/mol. The summed E-state index contributed by atoms with van der Waals surface area (Å²) in [6.45, 7) is 3.71. The highest BCUT2D eigenvalue weighted by Gasteiger charge is 2.47. The van der Waals surface area contributed by atoms with E-state index in [-0.39, 0.29) is 25.6 Å². The largest absolute Gasteiger partial charge is 0.457 e. The Morgan fingerprint density at radius 3 is 1.36 bits per heavy atom. The van der Waals surface area contributed by atoms with Crippen LogP contribution in [0.3, 0.4) is 0 Å². The molecule has 0 aromatic carbocycles. The van der Waals surface area contributed by atoms with Gasteiger partial charge in [-0.3, -0.25) is 4.79 Å². The Morgan fingerprint density at radius 2 is 0.881 bits per heavy atom. The van der Waals surface area contributed by atoms with Gasteiger partial charge < -0.3 is 64.2 Å². The van der Waals surface area contributed by atoms with Gasteiger partial charge in [-0.05, 0) is 38.5 Å². The molecule has 0 aromatic rings. The molecule has 396 valence electrons. The first-order valence-corrected chi connectivity index (χ1v) is 27.3. The molecule has 0 radical (unpaired) electrons. The molecule has 11 unspecified atom stereocenters. The van der Waals surface area contributed by atoms with Crippen molar-refractivity contribution in [2.45, 2.75) is 287 Å². The van der Waals surface area contributed by atoms with E-state index in [4.69, 9.17) is 28.4 Å². The van der Waals surface area contributed by atoms with E-state index in [0.29, 0.717) is 13.0 Å². The van der Waals surface area contributed by atoms with Gasteiger partial charge in [0.05, 0.1) is 26.4 Å². The number of hydrogen-bond donors (Lipinski definition) is 7. The number of carbonyl (C=O) groups excluding carboxylic acids is 1. The predicted octanol–water partition coefficient (Wildman–Crippen LogP) is 8.63. The summed E-state index contributed by atoms with van der Waals surface area (Å²) < 4.78 is 34.3. The number of hydrogen-bond acceptors (Lipinski definition) is 14. The molecule has 2 heterocycles. The number of esters is 1. The number of aliphatic hydroxyl groups excluding tert-OH is 7. The second kappa shape index (κ2) is 41.4. The standard InChI is InChI=1S/C53H100O14/c1-3-5-7-9-11-13-15-17-19-20-21-22-23-25-27-29-31-33-35-37-62-39-42(65-45(55)36-34-32-30-28-26-24-18-16-14-12-10-8-6-4-2)40-63-52-51(61)49(59)47(57)44(67-52)41-64-53-50(60)48(58)46(56)43(38-54)66-53/h16,18,42-44,46-54,56-61H,3-15,17,19-41H2,1-2H3/b18-16-. The zero-order valence-corrected chi connectivity index (χ0v) is 42.2. The normalized spacial score (nSPS) is 26.1. The first-order chi connectivity index (χ1) is 32.6.